The molecule has 1 unspecified atom stereocenters. The summed E-state index contributed by atoms with van der Waals surface area (Å²) >= 11 is 1.48. The van der Waals surface area contributed by atoms with E-state index in [9.17, 15) is 9.59 Å². The number of nitrogens with zero attached hydrogens (tertiary/aromatic N) is 1. The molecule has 6 nitrogen and oxygen atoms in total. The number of urea groups is 1. The fourth-order valence-corrected chi connectivity index (χ4v) is 3.39. The molecule has 2 aromatic rings. The SMILES string of the molecule is Cl.NCCN(CCc1ccccc1)C(=O)CC(NC(N)=O)c1cccs1. The van der Waals surface area contributed by atoms with Crippen molar-refractivity contribution >= 4 is 35.7 Å². The van der Waals surface area contributed by atoms with Gasteiger partial charge in [0.05, 0.1) is 12.5 Å². The molecule has 1 heterocycles. The molecule has 0 radical (unpaired) electrons. The Balaban J connectivity index is 0.00000338. The molecule has 3 amide bonds. The first-order chi connectivity index (χ1) is 12.1. The lowest BCUT2D eigenvalue weighted by molar-refractivity contribution is -0.131. The van der Waals surface area contributed by atoms with E-state index < -0.39 is 12.1 Å². The van der Waals surface area contributed by atoms with Crippen LogP contribution in [0.1, 0.15) is 22.9 Å². The minimum Gasteiger partial charge on any atom is -0.352 e. The van der Waals surface area contributed by atoms with Crippen LogP contribution in [0.3, 0.4) is 0 Å². The highest BCUT2D eigenvalue weighted by atomic mass is 35.5. The molecule has 0 saturated carbocycles. The zero-order chi connectivity index (χ0) is 18.1. The van der Waals surface area contributed by atoms with E-state index in [1.54, 1.807) is 4.90 Å². The van der Waals surface area contributed by atoms with Crippen molar-refractivity contribution in [1.29, 1.82) is 0 Å². The molecule has 142 valence electrons. The van der Waals surface area contributed by atoms with Gasteiger partial charge in [-0.1, -0.05) is 36.4 Å². The summed E-state index contributed by atoms with van der Waals surface area (Å²) in [6.07, 6.45) is 0.928. The predicted molar refractivity (Wildman–Crippen MR) is 107 cm³/mol. The third kappa shape index (κ3) is 7.03. The van der Waals surface area contributed by atoms with E-state index >= 15 is 0 Å². The van der Waals surface area contributed by atoms with Gasteiger partial charge in [0.1, 0.15) is 0 Å². The van der Waals surface area contributed by atoms with Gasteiger partial charge in [-0.2, -0.15) is 0 Å². The number of hydrogen-bond donors (Lipinski definition) is 3. The number of primary amides is 1. The molecule has 1 aromatic heterocycles. The van der Waals surface area contributed by atoms with Gasteiger partial charge in [0, 0.05) is 24.5 Å². The van der Waals surface area contributed by atoms with Gasteiger partial charge in [-0.25, -0.2) is 4.79 Å². The standard InChI is InChI=1S/C18H24N4O2S.ClH/c19-9-11-22(10-8-14-5-2-1-3-6-14)17(23)13-15(21-18(20)24)16-7-4-12-25-16;/h1-7,12,15H,8-11,13,19H2,(H3,20,21,24);1H. The number of benzene rings is 1. The molecule has 0 aliphatic rings. The highest BCUT2D eigenvalue weighted by molar-refractivity contribution is 7.10. The van der Waals surface area contributed by atoms with E-state index in [1.807, 2.05) is 47.8 Å². The molecular formula is C18H25ClN4O2S. The number of carbonyl (C=O) groups is 2. The number of nitrogens with one attached hydrogen (secondary N) is 1. The first-order valence-corrected chi connectivity index (χ1v) is 9.09. The molecule has 0 spiro atoms. The molecule has 0 fully saturated rings. The molecule has 26 heavy (non-hydrogen) atoms. The second-order valence-corrected chi connectivity index (χ2v) is 6.67. The van der Waals surface area contributed by atoms with Crippen molar-refractivity contribution in [2.24, 2.45) is 11.5 Å². The number of hydrogen-bond acceptors (Lipinski definition) is 4. The first kappa shape index (κ1) is 22.0. The molecule has 1 atom stereocenters. The molecule has 0 saturated heterocycles. The van der Waals surface area contributed by atoms with Crippen LogP contribution >= 0.6 is 23.7 Å². The van der Waals surface area contributed by atoms with Crippen LogP contribution in [0.15, 0.2) is 47.8 Å². The van der Waals surface area contributed by atoms with Gasteiger partial charge >= 0.3 is 6.03 Å². The molecular weight excluding hydrogens is 372 g/mol. The van der Waals surface area contributed by atoms with Gasteiger partial charge in [0.25, 0.3) is 0 Å². The summed E-state index contributed by atoms with van der Waals surface area (Å²) in [4.78, 5) is 26.6. The van der Waals surface area contributed by atoms with Crippen molar-refractivity contribution in [3.05, 3.63) is 58.3 Å². The van der Waals surface area contributed by atoms with Crippen LogP contribution in [0, 0.1) is 0 Å². The molecule has 8 heteroatoms. The van der Waals surface area contributed by atoms with E-state index in [0.717, 1.165) is 11.3 Å². The minimum absolute atomic E-state index is 0. The summed E-state index contributed by atoms with van der Waals surface area (Å²) in [6.45, 7) is 1.47. The maximum Gasteiger partial charge on any atom is 0.312 e. The second kappa shape index (κ2) is 11.5. The molecule has 1 aromatic carbocycles. The number of amides is 3. The first-order valence-electron chi connectivity index (χ1n) is 8.21. The maximum absolute atomic E-state index is 12.7. The fraction of sp³-hybridized carbons (Fsp3) is 0.333. The Morgan fingerprint density at radius 3 is 2.42 bits per heavy atom. The van der Waals surface area contributed by atoms with Crippen LogP contribution in [-0.4, -0.2) is 36.5 Å². The molecule has 0 aliphatic heterocycles. The van der Waals surface area contributed by atoms with E-state index in [2.05, 4.69) is 5.32 Å². The van der Waals surface area contributed by atoms with Crippen LogP contribution in [0.25, 0.3) is 0 Å². The van der Waals surface area contributed by atoms with Gasteiger partial charge < -0.3 is 21.7 Å². The zero-order valence-corrected chi connectivity index (χ0v) is 16.1. The Morgan fingerprint density at radius 2 is 1.85 bits per heavy atom. The van der Waals surface area contributed by atoms with Crippen molar-refractivity contribution < 1.29 is 9.59 Å². The summed E-state index contributed by atoms with van der Waals surface area (Å²) in [5.74, 6) is -0.0477. The Morgan fingerprint density at radius 1 is 1.12 bits per heavy atom. The number of carbonyl (C=O) groups excluding carboxylic acids is 2. The predicted octanol–water partition coefficient (Wildman–Crippen LogP) is 2.30. The van der Waals surface area contributed by atoms with E-state index in [1.165, 1.54) is 16.9 Å². The van der Waals surface area contributed by atoms with Crippen LogP contribution in [0.5, 0.6) is 0 Å². The summed E-state index contributed by atoms with van der Waals surface area (Å²) < 4.78 is 0. The van der Waals surface area contributed by atoms with Crippen molar-refractivity contribution in [3.63, 3.8) is 0 Å². The van der Waals surface area contributed by atoms with Gasteiger partial charge in [-0.3, -0.25) is 4.79 Å². The lowest BCUT2D eigenvalue weighted by Crippen LogP contribution is -2.40. The Labute approximate surface area is 164 Å². The van der Waals surface area contributed by atoms with Crippen molar-refractivity contribution in [1.82, 2.24) is 10.2 Å². The lowest BCUT2D eigenvalue weighted by atomic mass is 10.1. The minimum atomic E-state index is -0.638. The lowest BCUT2D eigenvalue weighted by Gasteiger charge is -2.25. The van der Waals surface area contributed by atoms with E-state index in [4.69, 9.17) is 11.5 Å². The Hall–Kier alpha value is -2.09. The molecule has 0 aliphatic carbocycles. The van der Waals surface area contributed by atoms with Gasteiger partial charge in [-0.05, 0) is 23.4 Å². The molecule has 5 N–H and O–H groups in total. The van der Waals surface area contributed by atoms with E-state index in [0.29, 0.717) is 19.6 Å². The summed E-state index contributed by atoms with van der Waals surface area (Å²) in [7, 11) is 0. The highest BCUT2D eigenvalue weighted by Gasteiger charge is 2.22. The van der Waals surface area contributed by atoms with Gasteiger partial charge in [0.2, 0.25) is 5.91 Å². The summed E-state index contributed by atoms with van der Waals surface area (Å²) in [5.41, 5.74) is 12.1. The van der Waals surface area contributed by atoms with Crippen molar-refractivity contribution in [2.45, 2.75) is 18.9 Å². The topological polar surface area (TPSA) is 101 Å². The number of nitrogens with two attached hydrogens (primary N) is 2. The fourth-order valence-electron chi connectivity index (χ4n) is 2.61. The van der Waals surface area contributed by atoms with Gasteiger partial charge in [-0.15, -0.1) is 23.7 Å². The smallest absolute Gasteiger partial charge is 0.312 e. The quantitative estimate of drug-likeness (QED) is 0.606. The van der Waals surface area contributed by atoms with Crippen LogP contribution < -0.4 is 16.8 Å². The van der Waals surface area contributed by atoms with Crippen LogP contribution in [-0.2, 0) is 11.2 Å². The maximum atomic E-state index is 12.7. The highest BCUT2D eigenvalue weighted by Crippen LogP contribution is 2.22. The second-order valence-electron chi connectivity index (χ2n) is 5.69. The molecule has 2 rings (SSSR count). The number of rotatable bonds is 9. The van der Waals surface area contributed by atoms with Crippen molar-refractivity contribution in [2.75, 3.05) is 19.6 Å². The monoisotopic (exact) mass is 396 g/mol. The normalized spacial score (nSPS) is 11.3. The van der Waals surface area contributed by atoms with Crippen LogP contribution in [0.4, 0.5) is 4.79 Å². The largest absolute Gasteiger partial charge is 0.352 e. The zero-order valence-electron chi connectivity index (χ0n) is 14.5. The Bertz CT molecular complexity index is 667. The van der Waals surface area contributed by atoms with Crippen molar-refractivity contribution in [3.8, 4) is 0 Å². The number of thiophene rings is 1. The van der Waals surface area contributed by atoms with Crippen LogP contribution in [0.2, 0.25) is 0 Å². The summed E-state index contributed by atoms with van der Waals surface area (Å²) in [6, 6.07) is 12.7. The third-order valence-electron chi connectivity index (χ3n) is 3.85. The third-order valence-corrected chi connectivity index (χ3v) is 4.83. The molecule has 0 bridgehead atoms. The average Bonchev–Trinajstić information content (AvgIpc) is 3.13. The van der Waals surface area contributed by atoms with E-state index in [-0.39, 0.29) is 24.7 Å². The number of halogens is 1. The average molecular weight is 397 g/mol. The summed E-state index contributed by atoms with van der Waals surface area (Å²) in [5, 5.41) is 4.56. The van der Waals surface area contributed by atoms with Gasteiger partial charge in [0.15, 0.2) is 0 Å². The Kier molecular flexibility index (Phi) is 9.72.